The predicted molar refractivity (Wildman–Crippen MR) is 260 cm³/mol. The van der Waals surface area contributed by atoms with Crippen LogP contribution in [0.1, 0.15) is 181 Å². The molecule has 2 aromatic rings. The van der Waals surface area contributed by atoms with Gasteiger partial charge in [0.15, 0.2) is 6.29 Å². The number of hydrogen-bond donors (Lipinski definition) is 0. The number of benzene rings is 1. The molecule has 3 unspecified atom stereocenters. The van der Waals surface area contributed by atoms with Crippen LogP contribution in [0, 0.1) is 64.6 Å². The second-order valence-corrected chi connectivity index (χ2v) is 20.6. The van der Waals surface area contributed by atoms with Gasteiger partial charge in [0, 0.05) is 25.9 Å². The standard InChI is InChI=1S/C13H24.C10H14.C8H16O2.C8H16O.C8H12O.C6H10.C2H6/c1-9(2)7-11-12(8-10(3)4)13(11,5)6;1-9(2)8-10-6-4-3-5-7-10;1-8(2,3)6-7-9-4-5-10-7;2*1-7(2)6-8-4-3-5-9-8;1-4-5-6(2)3;1-2/h7,10-12H,8H2,1-6H3;3-7,9H,8H2,1-2H3;7H,4-6H2,1-3H3;7-8H,3-6H2,1-2H3;3-5,7H,6H2,1-2H3;1,6H,5H2,2-3H3;1-2H3. The monoisotopic (exact) mass is 823 g/mol. The zero-order chi connectivity index (χ0) is 45.6. The molecule has 0 amide bonds. The molecule has 0 bridgehead atoms. The van der Waals surface area contributed by atoms with Gasteiger partial charge in [-0.25, -0.2) is 0 Å². The molecular weight excluding hydrogens is 725 g/mol. The Hall–Kier alpha value is -2.32. The van der Waals surface area contributed by atoms with E-state index in [-0.39, 0.29) is 6.29 Å². The van der Waals surface area contributed by atoms with Crippen molar-refractivity contribution < 1.29 is 18.6 Å². The average Bonchev–Trinajstić information content (AvgIpc) is 3.80. The summed E-state index contributed by atoms with van der Waals surface area (Å²) in [5, 5.41) is 0. The molecule has 0 spiro atoms. The lowest BCUT2D eigenvalue weighted by Crippen LogP contribution is -2.17. The van der Waals surface area contributed by atoms with Gasteiger partial charge in [0.2, 0.25) is 0 Å². The highest BCUT2D eigenvalue weighted by atomic mass is 16.7. The fraction of sp³-hybridized carbons (Fsp3) is 0.745. The highest BCUT2D eigenvalue weighted by molar-refractivity contribution is 5.17. The molecule has 3 aliphatic rings. The Morgan fingerprint density at radius 2 is 1.31 bits per heavy atom. The van der Waals surface area contributed by atoms with E-state index in [0.717, 1.165) is 74.4 Å². The van der Waals surface area contributed by atoms with Gasteiger partial charge >= 0.3 is 0 Å². The Morgan fingerprint density at radius 1 is 0.746 bits per heavy atom. The van der Waals surface area contributed by atoms with Gasteiger partial charge in [-0.2, -0.15) is 0 Å². The van der Waals surface area contributed by atoms with Crippen molar-refractivity contribution in [2.24, 2.45) is 52.3 Å². The van der Waals surface area contributed by atoms with Crippen molar-refractivity contribution >= 4 is 0 Å². The van der Waals surface area contributed by atoms with E-state index in [1.807, 2.05) is 26.0 Å². The first-order valence-corrected chi connectivity index (χ1v) is 23.6. The van der Waals surface area contributed by atoms with Gasteiger partial charge in [0.25, 0.3) is 0 Å². The maximum Gasteiger partial charge on any atom is 0.158 e. The van der Waals surface area contributed by atoms with Gasteiger partial charge in [0.1, 0.15) is 5.76 Å². The molecule has 4 heteroatoms. The summed E-state index contributed by atoms with van der Waals surface area (Å²) in [6, 6.07) is 14.6. The summed E-state index contributed by atoms with van der Waals surface area (Å²) in [6.07, 6.45) is 19.2. The number of allylic oxidation sites excluding steroid dienone is 2. The second kappa shape index (κ2) is 33.3. The minimum atomic E-state index is 0.0556. The van der Waals surface area contributed by atoms with Gasteiger partial charge in [-0.15, -0.1) is 12.3 Å². The molecule has 59 heavy (non-hydrogen) atoms. The molecule has 1 saturated carbocycles. The third-order valence-electron chi connectivity index (χ3n) is 9.81. The predicted octanol–water partition coefficient (Wildman–Crippen LogP) is 16.3. The molecule has 0 N–H and O–H groups in total. The van der Waals surface area contributed by atoms with E-state index in [1.54, 1.807) is 6.26 Å². The molecule has 1 aromatic carbocycles. The summed E-state index contributed by atoms with van der Waals surface area (Å²) in [4.78, 5) is 0. The highest BCUT2D eigenvalue weighted by Gasteiger charge is 2.55. The molecule has 2 aliphatic heterocycles. The zero-order valence-corrected chi connectivity index (χ0v) is 42.4. The molecule has 0 radical (unpaired) electrons. The number of ether oxygens (including phenoxy) is 3. The van der Waals surface area contributed by atoms with E-state index < -0.39 is 0 Å². The van der Waals surface area contributed by atoms with Gasteiger partial charge < -0.3 is 18.6 Å². The van der Waals surface area contributed by atoms with Crippen LogP contribution >= 0.6 is 0 Å². The van der Waals surface area contributed by atoms with Crippen molar-refractivity contribution in [2.45, 2.75) is 195 Å². The van der Waals surface area contributed by atoms with Crippen molar-refractivity contribution in [1.29, 1.82) is 0 Å². The highest BCUT2D eigenvalue weighted by Crippen LogP contribution is 2.61. The lowest BCUT2D eigenvalue weighted by Gasteiger charge is -2.21. The second-order valence-electron chi connectivity index (χ2n) is 20.6. The summed E-state index contributed by atoms with van der Waals surface area (Å²) in [5.41, 5.74) is 3.80. The zero-order valence-electron chi connectivity index (χ0n) is 42.4. The van der Waals surface area contributed by atoms with Crippen LogP contribution in [0.25, 0.3) is 0 Å². The Balaban J connectivity index is 0. The van der Waals surface area contributed by atoms with E-state index in [0.29, 0.717) is 28.8 Å². The molecule has 4 nitrogen and oxygen atoms in total. The largest absolute Gasteiger partial charge is 0.469 e. The quantitative estimate of drug-likeness (QED) is 0.167. The van der Waals surface area contributed by atoms with Gasteiger partial charge in [-0.05, 0) is 116 Å². The Morgan fingerprint density at radius 3 is 1.68 bits per heavy atom. The van der Waals surface area contributed by atoms with Crippen molar-refractivity contribution in [1.82, 2.24) is 0 Å². The molecule has 342 valence electrons. The summed E-state index contributed by atoms with van der Waals surface area (Å²) < 4.78 is 21.2. The molecule has 1 aliphatic carbocycles. The SMILES string of the molecule is C#CCC(C)C.CC.CC(C)(C)CC1OCCO1.CC(C)=CC1C(CC(C)C)C1(C)C.CC(C)CC1CCCO1.CC(C)Cc1ccccc1.CC(C)Cc1ccco1. The van der Waals surface area contributed by atoms with Crippen molar-refractivity contribution in [2.75, 3.05) is 19.8 Å². The summed E-state index contributed by atoms with van der Waals surface area (Å²) in [6.45, 7) is 44.6. The minimum Gasteiger partial charge on any atom is -0.469 e. The number of rotatable bonds is 11. The van der Waals surface area contributed by atoms with E-state index >= 15 is 0 Å². The average molecular weight is 823 g/mol. The van der Waals surface area contributed by atoms with Gasteiger partial charge in [-0.3, -0.25) is 0 Å². The number of hydrogen-bond acceptors (Lipinski definition) is 4. The maximum absolute atomic E-state index is 5.46. The minimum absolute atomic E-state index is 0.0556. The van der Waals surface area contributed by atoms with Crippen LogP contribution in [-0.2, 0) is 27.1 Å². The van der Waals surface area contributed by atoms with E-state index in [4.69, 9.17) is 25.1 Å². The van der Waals surface area contributed by atoms with Gasteiger partial charge in [0.05, 0.1) is 25.6 Å². The Labute approximate surface area is 368 Å². The fourth-order valence-corrected chi connectivity index (χ4v) is 6.97. The Kier molecular flexibility index (Phi) is 33.2. The molecule has 1 aromatic heterocycles. The normalized spacial score (nSPS) is 18.9. The lowest BCUT2D eigenvalue weighted by molar-refractivity contribution is -0.0654. The molecule has 3 atom stereocenters. The topological polar surface area (TPSA) is 40.8 Å². The van der Waals surface area contributed by atoms with Crippen molar-refractivity contribution in [3.05, 3.63) is 71.7 Å². The molecule has 3 fully saturated rings. The third kappa shape index (κ3) is 34.0. The molecular formula is C55H98O4. The number of furan rings is 1. The maximum atomic E-state index is 5.46. The van der Waals surface area contributed by atoms with Gasteiger partial charge in [-0.1, -0.05) is 160 Å². The van der Waals surface area contributed by atoms with E-state index in [2.05, 4.69) is 160 Å². The Bertz CT molecular complexity index is 1270. The number of terminal acetylenes is 1. The summed E-state index contributed by atoms with van der Waals surface area (Å²) in [5.74, 6) is 9.20. The van der Waals surface area contributed by atoms with Crippen LogP contribution in [0.3, 0.4) is 0 Å². The molecule has 3 heterocycles. The van der Waals surface area contributed by atoms with Crippen molar-refractivity contribution in [3.63, 3.8) is 0 Å². The first-order chi connectivity index (χ1) is 27.6. The van der Waals surface area contributed by atoms with E-state index in [9.17, 15) is 0 Å². The van der Waals surface area contributed by atoms with Crippen LogP contribution in [0.2, 0.25) is 0 Å². The lowest BCUT2D eigenvalue weighted by atomic mass is 9.92. The van der Waals surface area contributed by atoms with Crippen LogP contribution < -0.4 is 0 Å². The van der Waals surface area contributed by atoms with Crippen LogP contribution in [-0.4, -0.2) is 32.2 Å². The molecule has 2 saturated heterocycles. The summed E-state index contributed by atoms with van der Waals surface area (Å²) >= 11 is 0. The smallest absolute Gasteiger partial charge is 0.158 e. The fourth-order valence-electron chi connectivity index (χ4n) is 6.97. The molecule has 5 rings (SSSR count). The summed E-state index contributed by atoms with van der Waals surface area (Å²) in [7, 11) is 0. The van der Waals surface area contributed by atoms with Crippen LogP contribution in [0.4, 0.5) is 0 Å². The third-order valence-corrected chi connectivity index (χ3v) is 9.81. The first-order valence-electron chi connectivity index (χ1n) is 23.6. The van der Waals surface area contributed by atoms with Crippen LogP contribution in [0.15, 0.2) is 64.8 Å². The van der Waals surface area contributed by atoms with Crippen LogP contribution in [0.5, 0.6) is 0 Å². The van der Waals surface area contributed by atoms with E-state index in [1.165, 1.54) is 43.2 Å². The first kappa shape index (κ1) is 58.8. The van der Waals surface area contributed by atoms with Crippen molar-refractivity contribution in [3.8, 4) is 12.3 Å².